The summed E-state index contributed by atoms with van der Waals surface area (Å²) in [4.78, 5) is 27.2. The van der Waals surface area contributed by atoms with Crippen LogP contribution < -0.4 is 0 Å². The summed E-state index contributed by atoms with van der Waals surface area (Å²) in [7, 11) is 5.01. The third-order valence-corrected chi connectivity index (χ3v) is 6.34. The molecule has 0 bridgehead atoms. The average Bonchev–Trinajstić information content (AvgIpc) is 2.89. The van der Waals surface area contributed by atoms with Gasteiger partial charge in [-0.15, -0.1) is 11.8 Å². The molecule has 2 aliphatic rings. The molecular weight excluding hydrogens is 386 g/mol. The summed E-state index contributed by atoms with van der Waals surface area (Å²) < 4.78 is 8.27. The lowest BCUT2D eigenvalue weighted by Crippen LogP contribution is -2.63. The topological polar surface area (TPSA) is 105 Å². The number of aromatic nitrogens is 2. The fourth-order valence-electron chi connectivity index (χ4n) is 3.54. The van der Waals surface area contributed by atoms with E-state index in [1.54, 1.807) is 13.1 Å². The summed E-state index contributed by atoms with van der Waals surface area (Å²) in [6, 6.07) is 3.46. The maximum Gasteiger partial charge on any atom is 0.365 e. The molecule has 0 aliphatic carbocycles. The van der Waals surface area contributed by atoms with Crippen LogP contribution in [-0.2, 0) is 20.5 Å². The molecule has 1 aromatic rings. The number of nitrogens with zero attached hydrogens (tertiary/aromatic N) is 4. The predicted octanol–water partition coefficient (Wildman–Crippen LogP) is 1.49. The van der Waals surface area contributed by atoms with Crippen LogP contribution in [0.2, 0.25) is 0 Å². The number of hydrogen-bond donors (Lipinski definition) is 1. The number of carbonyl (C=O) groups is 2. The van der Waals surface area contributed by atoms with Gasteiger partial charge in [0.25, 0.3) is 7.98 Å². The van der Waals surface area contributed by atoms with Crippen molar-refractivity contribution in [3.8, 4) is 0 Å². The lowest BCUT2D eigenvalue weighted by atomic mass is 9.79. The minimum absolute atomic E-state index is 0.0290. The first-order valence-corrected chi connectivity index (χ1v) is 10.2. The Bertz CT molecular complexity index is 792. The molecule has 2 aliphatic heterocycles. The van der Waals surface area contributed by atoms with Gasteiger partial charge < -0.3 is 19.2 Å². The zero-order valence-electron chi connectivity index (χ0n) is 14.8. The minimum atomic E-state index is -0.778. The largest absolute Gasteiger partial charge is 0.393 e. The highest BCUT2D eigenvalue weighted by Gasteiger charge is 2.60. The summed E-state index contributed by atoms with van der Waals surface area (Å²) in [6.45, 7) is 3.55. The Hall–Kier alpha value is -1.77. The van der Waals surface area contributed by atoms with Crippen LogP contribution in [0.3, 0.4) is 0 Å². The van der Waals surface area contributed by atoms with Gasteiger partial charge in [-0.3, -0.25) is 4.79 Å². The van der Waals surface area contributed by atoms with Gasteiger partial charge in [0.1, 0.15) is 5.70 Å². The van der Waals surface area contributed by atoms with Crippen LogP contribution in [0, 0.1) is 11.8 Å². The van der Waals surface area contributed by atoms with Gasteiger partial charge in [0.05, 0.1) is 23.8 Å². The van der Waals surface area contributed by atoms with Crippen LogP contribution >= 0.6 is 20.4 Å². The van der Waals surface area contributed by atoms with Crippen molar-refractivity contribution >= 4 is 40.2 Å². The third kappa shape index (κ3) is 3.79. The van der Waals surface area contributed by atoms with E-state index in [9.17, 15) is 14.7 Å². The van der Waals surface area contributed by atoms with E-state index in [2.05, 4.69) is 14.9 Å². The van der Waals surface area contributed by atoms with E-state index >= 15 is 0 Å². The lowest BCUT2D eigenvalue weighted by molar-refractivity contribution is -0.162. The molecule has 8 nitrogen and oxygen atoms in total. The Labute approximate surface area is 164 Å². The Morgan fingerprint density at radius 3 is 3.00 bits per heavy atom. The number of aliphatic hydroxyl groups excluding tert-OH is 1. The number of rotatable bonds is 7. The number of β-lactam (4-membered cyclic amide) rings is 1. The van der Waals surface area contributed by atoms with E-state index in [0.717, 1.165) is 10.6 Å². The molecule has 27 heavy (non-hydrogen) atoms. The number of aryl methyl sites for hydroxylation is 1. The molecule has 3 heterocycles. The predicted molar refractivity (Wildman–Crippen MR) is 101 cm³/mol. The number of hydrogen-bond acceptors (Lipinski definition) is 8. The van der Waals surface area contributed by atoms with Gasteiger partial charge in [-0.2, -0.15) is 10.2 Å². The summed E-state index contributed by atoms with van der Waals surface area (Å²) in [6.07, 6.45) is 1.51. The molecule has 0 saturated carbocycles. The smallest absolute Gasteiger partial charge is 0.365 e. The van der Waals surface area contributed by atoms with Gasteiger partial charge in [0.15, 0.2) is 0 Å². The Kier molecular flexibility index (Phi) is 6.29. The molecule has 1 fully saturated rings. The first kappa shape index (κ1) is 20.0. The molecule has 2 radical (unpaired) electrons. The van der Waals surface area contributed by atoms with Crippen molar-refractivity contribution < 1.29 is 19.2 Å². The first-order chi connectivity index (χ1) is 13.0. The average molecular weight is 404 g/mol. The van der Waals surface area contributed by atoms with Crippen molar-refractivity contribution in [2.24, 2.45) is 16.5 Å². The molecule has 1 saturated heterocycles. The van der Waals surface area contributed by atoms with Crippen LogP contribution in [0.4, 0.5) is 0 Å². The molecule has 11 heteroatoms. The van der Waals surface area contributed by atoms with Gasteiger partial charge in [0, 0.05) is 29.2 Å². The number of carbonyl (C=O) groups excluding carboxylic acids is 2. The number of amides is 1. The molecule has 1 aromatic heterocycles. The Morgan fingerprint density at radius 2 is 2.37 bits per heavy atom. The summed E-state index contributed by atoms with van der Waals surface area (Å²) in [5.41, 5.74) is 1.08. The molecule has 4 unspecified atom stereocenters. The molecule has 140 valence electrons. The maximum atomic E-state index is 12.5. The maximum absolute atomic E-state index is 12.5. The normalized spacial score (nSPS) is 25.5. The van der Waals surface area contributed by atoms with Crippen molar-refractivity contribution in [3.05, 3.63) is 34.6 Å². The first-order valence-electron chi connectivity index (χ1n) is 8.43. The monoisotopic (exact) mass is 404 g/mol. The van der Waals surface area contributed by atoms with Gasteiger partial charge in [-0.25, -0.2) is 4.79 Å². The second-order valence-corrected chi connectivity index (χ2v) is 8.07. The number of aliphatic hydroxyl groups is 1. The second-order valence-electron chi connectivity index (χ2n) is 6.36. The van der Waals surface area contributed by atoms with E-state index in [1.807, 2.05) is 19.1 Å². The number of fused-ring (bicyclic) bond motifs is 1. The highest BCUT2D eigenvalue weighted by atomic mass is 32.2. The van der Waals surface area contributed by atoms with Crippen molar-refractivity contribution in [1.82, 2.24) is 15.1 Å². The minimum Gasteiger partial charge on any atom is -0.393 e. The molecule has 1 N–H and O–H groups in total. The van der Waals surface area contributed by atoms with Gasteiger partial charge in [-0.05, 0) is 19.1 Å². The highest BCUT2D eigenvalue weighted by Crippen LogP contribution is 2.50. The van der Waals surface area contributed by atoms with Crippen LogP contribution in [-0.4, -0.2) is 58.0 Å². The summed E-state index contributed by atoms with van der Waals surface area (Å²) in [5, 5.41) is 17.8. The standard InChI is InChI=1S/C16H18BN4O4PS/c1-8-12-11(9(2)22)15(23)21(12)13(16(24)25-26-20-17)14(8)27-7-5-10-4-3-6-18-19-10/h3-4,6,8-9,11-12,22H,5,7H2,1-2H3. The molecule has 3 rings (SSSR count). The van der Waals surface area contributed by atoms with E-state index in [0.29, 0.717) is 12.2 Å². The van der Waals surface area contributed by atoms with Crippen molar-refractivity contribution in [1.29, 1.82) is 0 Å². The van der Waals surface area contributed by atoms with Gasteiger partial charge in [-0.1, -0.05) is 6.92 Å². The fourth-order valence-corrected chi connectivity index (χ4v) is 5.00. The molecule has 1 amide bonds. The van der Waals surface area contributed by atoms with Crippen molar-refractivity contribution in [2.45, 2.75) is 32.4 Å². The van der Waals surface area contributed by atoms with Gasteiger partial charge in [0.2, 0.25) is 14.5 Å². The SMILES string of the molecule is [B]N=POC(=O)C1=C(SCCc2cccnn2)C(C)C2C(C(C)O)C(=O)N12. The zero-order chi connectivity index (χ0) is 19.6. The van der Waals surface area contributed by atoms with E-state index in [1.165, 1.54) is 16.7 Å². The van der Waals surface area contributed by atoms with Crippen molar-refractivity contribution in [3.63, 3.8) is 0 Å². The van der Waals surface area contributed by atoms with E-state index in [-0.39, 0.29) is 32.2 Å². The third-order valence-electron chi connectivity index (χ3n) is 4.72. The summed E-state index contributed by atoms with van der Waals surface area (Å²) >= 11 is 1.49. The van der Waals surface area contributed by atoms with Crippen LogP contribution in [0.5, 0.6) is 0 Å². The molecular formula is C16H18BN4O4PS. The zero-order valence-corrected chi connectivity index (χ0v) is 16.6. The second kappa shape index (κ2) is 8.50. The molecule has 0 spiro atoms. The fraction of sp³-hybridized carbons (Fsp3) is 0.500. The lowest BCUT2D eigenvalue weighted by Gasteiger charge is -2.46. The Morgan fingerprint density at radius 1 is 1.59 bits per heavy atom. The molecule has 0 aromatic carbocycles. The molecule has 4 atom stereocenters. The highest BCUT2D eigenvalue weighted by molar-refractivity contribution is 8.03. The van der Waals surface area contributed by atoms with Crippen molar-refractivity contribution in [2.75, 3.05) is 5.75 Å². The Balaban J connectivity index is 1.81. The van der Waals surface area contributed by atoms with Crippen LogP contribution in [0.25, 0.3) is 0 Å². The quantitative estimate of drug-likeness (QED) is 0.417. The van der Waals surface area contributed by atoms with E-state index < -0.39 is 18.0 Å². The van der Waals surface area contributed by atoms with Gasteiger partial charge >= 0.3 is 5.97 Å². The van der Waals surface area contributed by atoms with E-state index in [4.69, 9.17) is 12.5 Å². The van der Waals surface area contributed by atoms with Crippen LogP contribution in [0.15, 0.2) is 33.6 Å². The van der Waals surface area contributed by atoms with Crippen LogP contribution in [0.1, 0.15) is 19.5 Å². The number of thioether (sulfide) groups is 1. The summed E-state index contributed by atoms with van der Waals surface area (Å²) in [5.74, 6) is -0.831.